The molecule has 11 nitrogen and oxygen atoms in total. The van der Waals surface area contributed by atoms with Crippen LogP contribution in [0.2, 0.25) is 18.6 Å². The molecular formula is C37H47FN4O7Si. The van der Waals surface area contributed by atoms with Crippen molar-refractivity contribution in [1.82, 2.24) is 4.90 Å². The summed E-state index contributed by atoms with van der Waals surface area (Å²) >= 11 is 0. The minimum Gasteiger partial charge on any atom is -0.469 e. The van der Waals surface area contributed by atoms with Gasteiger partial charge in [-0.25, -0.2) is 5.01 Å². The fraction of sp³-hybridized carbons (Fsp3) is 0.541. The predicted octanol–water partition coefficient (Wildman–Crippen LogP) is 5.06. The van der Waals surface area contributed by atoms with E-state index in [2.05, 4.69) is 0 Å². The zero-order valence-electron chi connectivity index (χ0n) is 29.3. The van der Waals surface area contributed by atoms with E-state index in [1.807, 2.05) is 37.3 Å². The van der Waals surface area contributed by atoms with Crippen molar-refractivity contribution in [3.05, 3.63) is 59.7 Å². The van der Waals surface area contributed by atoms with E-state index in [0.717, 1.165) is 17.7 Å². The molecule has 1 N–H and O–H groups in total. The summed E-state index contributed by atoms with van der Waals surface area (Å²) in [6.07, 6.45) is 2.46. The van der Waals surface area contributed by atoms with E-state index in [9.17, 15) is 24.3 Å². The highest BCUT2D eigenvalue weighted by atomic mass is 28.4. The van der Waals surface area contributed by atoms with Crippen molar-refractivity contribution >= 4 is 49.2 Å². The third-order valence-electron chi connectivity index (χ3n) is 10.9. The molecular weight excluding hydrogens is 660 g/mol. The van der Waals surface area contributed by atoms with Gasteiger partial charge in [0.15, 0.2) is 5.60 Å². The highest BCUT2D eigenvalue weighted by Gasteiger charge is 2.67. The summed E-state index contributed by atoms with van der Waals surface area (Å²) in [5, 5.41) is 16.0. The van der Waals surface area contributed by atoms with Gasteiger partial charge in [0.25, 0.3) is 5.91 Å². The summed E-state index contributed by atoms with van der Waals surface area (Å²) < 4.78 is 28.1. The van der Waals surface area contributed by atoms with Crippen LogP contribution in [0, 0.1) is 5.92 Å². The zero-order chi connectivity index (χ0) is 35.8. The molecule has 268 valence electrons. The van der Waals surface area contributed by atoms with Crippen LogP contribution in [-0.2, 0) is 34.3 Å². The molecule has 0 bridgehead atoms. The molecule has 2 fully saturated rings. The maximum Gasteiger partial charge on any atom is 0.305 e. The standard InChI is InChI=1S/C37H47FN4O7Si/c1-24-35(50(3,4)38)31(22-33(45)40-20-10-13-27(40)23-43)49-37(24)28-21-26(42-32(44)18-16-29(39-42)25-11-6-5-7-12-25)15-17-30(28)41(36(37)47)19-9-8-14-34(46)48-2/h5-7,11-12,15,17,21,24,27,31,35,43H,8-10,13-14,16,18-20,22-23H2,1-4H3/t24-,27-,31+,35-,37+/m0/s1. The summed E-state index contributed by atoms with van der Waals surface area (Å²) in [4.78, 5) is 56.9. The molecule has 0 unspecified atom stereocenters. The fourth-order valence-corrected chi connectivity index (χ4v) is 11.0. The Hall–Kier alpha value is -3.94. The molecule has 4 aliphatic heterocycles. The number of amides is 3. The number of benzene rings is 2. The van der Waals surface area contributed by atoms with E-state index in [1.54, 1.807) is 41.1 Å². The summed E-state index contributed by atoms with van der Waals surface area (Å²) in [6, 6.07) is 14.7. The lowest BCUT2D eigenvalue weighted by Gasteiger charge is -2.31. The predicted molar refractivity (Wildman–Crippen MR) is 189 cm³/mol. The average Bonchev–Trinajstić information content (AvgIpc) is 3.77. The Morgan fingerprint density at radius 1 is 1.12 bits per heavy atom. The number of aliphatic hydroxyl groups excluding tert-OH is 1. The first-order chi connectivity index (χ1) is 23.9. The van der Waals surface area contributed by atoms with Crippen LogP contribution in [-0.4, -0.2) is 86.8 Å². The number of ether oxygens (including phenoxy) is 2. The van der Waals surface area contributed by atoms with Gasteiger partial charge in [0, 0.05) is 49.4 Å². The van der Waals surface area contributed by atoms with E-state index >= 15 is 4.11 Å². The number of hydrazone groups is 1. The SMILES string of the molecule is COC(=O)CCCCN1C(=O)[C@]2(O[C@H](CC(=O)N3CCC[C@H]3CO)[C@@H]([Si](C)(C)F)[C@@H]2C)c2cc(N3N=C(c4ccccc4)CCC3=O)ccc21. The molecule has 0 radical (unpaired) electrons. The number of anilines is 2. The van der Waals surface area contributed by atoms with Gasteiger partial charge in [0.1, 0.15) is 0 Å². The summed E-state index contributed by atoms with van der Waals surface area (Å²) in [5.74, 6) is -1.73. The average molecular weight is 707 g/mol. The first kappa shape index (κ1) is 35.9. The molecule has 6 rings (SSSR count). The Labute approximate surface area is 293 Å². The second-order valence-electron chi connectivity index (χ2n) is 14.4. The van der Waals surface area contributed by atoms with E-state index in [4.69, 9.17) is 14.6 Å². The third-order valence-corrected chi connectivity index (χ3v) is 13.3. The number of hydrogen-bond acceptors (Lipinski definition) is 8. The summed E-state index contributed by atoms with van der Waals surface area (Å²) in [6.45, 7) is 5.67. The molecule has 0 aliphatic carbocycles. The number of nitrogens with zero attached hydrogens (tertiary/aromatic N) is 4. The lowest BCUT2D eigenvalue weighted by molar-refractivity contribution is -0.150. The second-order valence-corrected chi connectivity index (χ2v) is 18.1. The monoisotopic (exact) mass is 706 g/mol. The smallest absolute Gasteiger partial charge is 0.305 e. The molecule has 2 saturated heterocycles. The highest BCUT2D eigenvalue weighted by molar-refractivity contribution is 6.72. The van der Waals surface area contributed by atoms with Crippen LogP contribution in [0.3, 0.4) is 0 Å². The van der Waals surface area contributed by atoms with E-state index in [-0.39, 0.29) is 62.1 Å². The van der Waals surface area contributed by atoms with Gasteiger partial charge in [-0.1, -0.05) is 37.3 Å². The van der Waals surface area contributed by atoms with Crippen LogP contribution in [0.25, 0.3) is 0 Å². The van der Waals surface area contributed by atoms with Gasteiger partial charge in [-0.3, -0.25) is 19.2 Å². The Balaban J connectivity index is 1.40. The molecule has 5 atom stereocenters. The van der Waals surface area contributed by atoms with Crippen LogP contribution in [0.15, 0.2) is 53.6 Å². The number of esters is 1. The molecule has 4 aliphatic rings. The molecule has 0 aromatic heterocycles. The quantitative estimate of drug-likeness (QED) is 0.150. The van der Waals surface area contributed by atoms with Gasteiger partial charge in [-0.15, -0.1) is 0 Å². The van der Waals surface area contributed by atoms with Gasteiger partial charge >= 0.3 is 5.97 Å². The third kappa shape index (κ3) is 6.50. The Kier molecular flexibility index (Phi) is 10.3. The lowest BCUT2D eigenvalue weighted by atomic mass is 9.82. The number of methoxy groups -OCH3 is 1. The van der Waals surface area contributed by atoms with E-state index in [1.165, 1.54) is 12.1 Å². The lowest BCUT2D eigenvalue weighted by Crippen LogP contribution is -2.45. The van der Waals surface area contributed by atoms with Crippen molar-refractivity contribution in [3.8, 4) is 0 Å². The zero-order valence-corrected chi connectivity index (χ0v) is 30.3. The van der Waals surface area contributed by atoms with E-state index in [0.29, 0.717) is 49.2 Å². The fourth-order valence-electron chi connectivity index (χ4n) is 8.47. The molecule has 3 amide bonds. The Morgan fingerprint density at radius 3 is 2.58 bits per heavy atom. The van der Waals surface area contributed by atoms with E-state index < -0.39 is 31.6 Å². The molecule has 4 heterocycles. The van der Waals surface area contributed by atoms with Crippen molar-refractivity contribution < 1.29 is 37.9 Å². The number of halogens is 1. The number of carbonyl (C=O) groups is 4. The van der Waals surface area contributed by atoms with Gasteiger partial charge in [-0.05, 0) is 62.5 Å². The van der Waals surface area contributed by atoms with Crippen molar-refractivity contribution in [3.63, 3.8) is 0 Å². The molecule has 2 aromatic rings. The minimum absolute atomic E-state index is 0.107. The van der Waals surface area contributed by atoms with Crippen molar-refractivity contribution in [2.45, 2.75) is 94.7 Å². The number of fused-ring (bicyclic) bond motifs is 2. The first-order valence-corrected chi connectivity index (χ1v) is 20.6. The molecule has 1 spiro atoms. The molecule has 50 heavy (non-hydrogen) atoms. The summed E-state index contributed by atoms with van der Waals surface area (Å²) in [5.41, 5.74) is 0.948. The number of likely N-dealkylation sites (tertiary alicyclic amines) is 1. The number of rotatable bonds is 11. The van der Waals surface area contributed by atoms with Gasteiger partial charge in [-0.2, -0.15) is 5.10 Å². The van der Waals surface area contributed by atoms with Gasteiger partial charge in [0.05, 0.1) is 49.4 Å². The normalized spacial score (nSPS) is 26.5. The largest absolute Gasteiger partial charge is 0.469 e. The van der Waals surface area contributed by atoms with Crippen LogP contribution < -0.4 is 9.91 Å². The van der Waals surface area contributed by atoms with Crippen molar-refractivity contribution in [1.29, 1.82) is 0 Å². The maximum atomic E-state index is 16.4. The number of hydrogen-bond donors (Lipinski definition) is 1. The minimum atomic E-state index is -3.55. The number of aliphatic hydroxyl groups is 1. The van der Waals surface area contributed by atoms with Crippen LogP contribution in [0.1, 0.15) is 69.4 Å². The first-order valence-electron chi connectivity index (χ1n) is 17.7. The van der Waals surface area contributed by atoms with Crippen LogP contribution in [0.5, 0.6) is 0 Å². The number of unbranched alkanes of at least 4 members (excludes halogenated alkanes) is 1. The topological polar surface area (TPSA) is 129 Å². The highest BCUT2D eigenvalue weighted by Crippen LogP contribution is 2.60. The molecule has 2 aromatic carbocycles. The van der Waals surface area contributed by atoms with Crippen molar-refractivity contribution in [2.24, 2.45) is 11.0 Å². The number of carbonyl (C=O) groups excluding carboxylic acids is 4. The Morgan fingerprint density at radius 2 is 1.88 bits per heavy atom. The van der Waals surface area contributed by atoms with Gasteiger partial charge in [0.2, 0.25) is 20.2 Å². The molecule has 13 heteroatoms. The Bertz CT molecular complexity index is 1670. The van der Waals surface area contributed by atoms with Crippen LogP contribution in [0.4, 0.5) is 15.5 Å². The van der Waals surface area contributed by atoms with Crippen molar-refractivity contribution in [2.75, 3.05) is 36.7 Å². The maximum absolute atomic E-state index is 16.4. The second kappa shape index (κ2) is 14.4. The van der Waals surface area contributed by atoms with Gasteiger partial charge < -0.3 is 28.5 Å². The summed E-state index contributed by atoms with van der Waals surface area (Å²) in [7, 11) is -2.22. The van der Waals surface area contributed by atoms with Crippen LogP contribution >= 0.6 is 0 Å². The molecule has 0 saturated carbocycles.